The van der Waals surface area contributed by atoms with E-state index in [9.17, 15) is 19.7 Å². The molecule has 138 valence electrons. The number of nitro groups is 1. The minimum absolute atomic E-state index is 0.0738. The van der Waals surface area contributed by atoms with Gasteiger partial charge in [-0.3, -0.25) is 19.7 Å². The van der Waals surface area contributed by atoms with E-state index in [1.54, 1.807) is 12.1 Å². The van der Waals surface area contributed by atoms with Crippen molar-refractivity contribution in [2.45, 2.75) is 6.92 Å². The van der Waals surface area contributed by atoms with Crippen molar-refractivity contribution in [3.05, 3.63) is 91.8 Å². The largest absolute Gasteiger partial charge is 0.321 e. The van der Waals surface area contributed by atoms with E-state index in [0.717, 1.165) is 17.2 Å². The molecule has 0 radical (unpaired) electrons. The van der Waals surface area contributed by atoms with Crippen LogP contribution in [0, 0.1) is 28.4 Å². The summed E-state index contributed by atoms with van der Waals surface area (Å²) in [5.74, 6) is -0.720. The maximum Gasteiger partial charge on any atom is 0.270 e. The van der Waals surface area contributed by atoms with E-state index in [2.05, 4.69) is 10.3 Å². The van der Waals surface area contributed by atoms with Crippen molar-refractivity contribution >= 4 is 17.3 Å². The molecule has 2 aromatic carbocycles. The molecular weight excluding hydrogens is 360 g/mol. The molecule has 0 saturated carbocycles. The number of rotatable bonds is 4. The van der Waals surface area contributed by atoms with E-state index in [0.29, 0.717) is 5.69 Å². The summed E-state index contributed by atoms with van der Waals surface area (Å²) in [6.07, 6.45) is 0. The van der Waals surface area contributed by atoms with E-state index in [1.807, 2.05) is 31.2 Å². The fraction of sp³-hybridized carbons (Fsp3) is 0.0500. The molecule has 1 heterocycles. The molecule has 1 aromatic heterocycles. The van der Waals surface area contributed by atoms with Crippen molar-refractivity contribution in [1.82, 2.24) is 4.98 Å². The molecule has 0 saturated heterocycles. The second kappa shape index (κ2) is 7.55. The van der Waals surface area contributed by atoms with Gasteiger partial charge in [0.05, 0.1) is 16.2 Å². The van der Waals surface area contributed by atoms with Crippen LogP contribution in [0.15, 0.2) is 59.4 Å². The third kappa shape index (κ3) is 3.78. The number of anilines is 1. The Bertz CT molecular complexity index is 1170. The first-order valence-electron chi connectivity index (χ1n) is 8.19. The van der Waals surface area contributed by atoms with Gasteiger partial charge < -0.3 is 10.3 Å². The Morgan fingerprint density at radius 3 is 2.46 bits per heavy atom. The number of pyridine rings is 1. The second-order valence-electron chi connectivity index (χ2n) is 6.03. The van der Waals surface area contributed by atoms with E-state index in [4.69, 9.17) is 5.26 Å². The molecule has 3 rings (SSSR count). The van der Waals surface area contributed by atoms with Crippen LogP contribution in [0.1, 0.15) is 21.5 Å². The smallest absolute Gasteiger partial charge is 0.270 e. The van der Waals surface area contributed by atoms with Crippen LogP contribution >= 0.6 is 0 Å². The maximum atomic E-state index is 12.4. The van der Waals surface area contributed by atoms with E-state index >= 15 is 0 Å². The third-order valence-corrected chi connectivity index (χ3v) is 4.10. The van der Waals surface area contributed by atoms with Gasteiger partial charge in [-0.2, -0.15) is 5.26 Å². The highest BCUT2D eigenvalue weighted by Gasteiger charge is 2.16. The number of nitro benzene ring substituents is 1. The Hall–Kier alpha value is -4.25. The molecule has 1 amide bonds. The molecular formula is C20H14N4O4. The summed E-state index contributed by atoms with van der Waals surface area (Å²) in [5.41, 5.74) is 1.46. The number of amides is 1. The van der Waals surface area contributed by atoms with Crippen molar-refractivity contribution in [3.8, 4) is 17.3 Å². The lowest BCUT2D eigenvalue weighted by Crippen LogP contribution is -2.23. The number of nitrogens with one attached hydrogen (secondary N) is 2. The van der Waals surface area contributed by atoms with Gasteiger partial charge >= 0.3 is 0 Å². The first kappa shape index (κ1) is 18.5. The third-order valence-electron chi connectivity index (χ3n) is 4.10. The van der Waals surface area contributed by atoms with Crippen molar-refractivity contribution in [2.24, 2.45) is 0 Å². The number of nitriles is 1. The number of benzene rings is 2. The SMILES string of the molecule is Cc1ccc(-c2ccc(C(=O)Nc3ccc([N+](=O)[O-])cc3C#N)c(=O)[nH]2)cc1. The highest BCUT2D eigenvalue weighted by atomic mass is 16.6. The monoisotopic (exact) mass is 374 g/mol. The maximum absolute atomic E-state index is 12.4. The molecule has 0 atom stereocenters. The highest BCUT2D eigenvalue weighted by molar-refractivity contribution is 6.04. The van der Waals surface area contributed by atoms with Crippen LogP contribution in [0.2, 0.25) is 0 Å². The number of aromatic nitrogens is 1. The summed E-state index contributed by atoms with van der Waals surface area (Å²) >= 11 is 0. The van der Waals surface area contributed by atoms with Gasteiger partial charge in [-0.15, -0.1) is 0 Å². The number of H-pyrrole nitrogens is 1. The fourth-order valence-corrected chi connectivity index (χ4v) is 2.59. The number of hydrogen-bond acceptors (Lipinski definition) is 5. The number of nitrogens with zero attached hydrogens (tertiary/aromatic N) is 2. The second-order valence-corrected chi connectivity index (χ2v) is 6.03. The Balaban J connectivity index is 1.87. The van der Waals surface area contributed by atoms with Crippen molar-refractivity contribution in [1.29, 1.82) is 5.26 Å². The lowest BCUT2D eigenvalue weighted by molar-refractivity contribution is -0.384. The minimum Gasteiger partial charge on any atom is -0.321 e. The Morgan fingerprint density at radius 1 is 1.14 bits per heavy atom. The number of hydrogen-bond donors (Lipinski definition) is 2. The summed E-state index contributed by atoms with van der Waals surface area (Å²) in [6.45, 7) is 1.95. The summed E-state index contributed by atoms with van der Waals surface area (Å²) < 4.78 is 0. The van der Waals surface area contributed by atoms with E-state index < -0.39 is 16.4 Å². The number of carbonyl (C=O) groups is 1. The first-order chi connectivity index (χ1) is 13.4. The zero-order valence-electron chi connectivity index (χ0n) is 14.7. The van der Waals surface area contributed by atoms with Gasteiger partial charge in [0.15, 0.2) is 0 Å². The molecule has 0 aliphatic rings. The van der Waals surface area contributed by atoms with Crippen molar-refractivity contribution in [3.63, 3.8) is 0 Å². The average molecular weight is 374 g/mol. The average Bonchev–Trinajstić information content (AvgIpc) is 2.68. The zero-order valence-corrected chi connectivity index (χ0v) is 14.7. The van der Waals surface area contributed by atoms with E-state index in [1.165, 1.54) is 18.2 Å². The van der Waals surface area contributed by atoms with Gasteiger partial charge in [0.1, 0.15) is 11.6 Å². The topological polar surface area (TPSA) is 129 Å². The minimum atomic E-state index is -0.720. The molecule has 0 aliphatic carbocycles. The van der Waals surface area contributed by atoms with Crippen LogP contribution in [0.25, 0.3) is 11.3 Å². The van der Waals surface area contributed by atoms with Crippen molar-refractivity contribution in [2.75, 3.05) is 5.32 Å². The molecule has 3 aromatic rings. The Morgan fingerprint density at radius 2 is 1.86 bits per heavy atom. The standard InChI is InChI=1S/C20H14N4O4/c1-12-2-4-13(5-3-12)17-9-7-16(19(25)22-17)20(26)23-18-8-6-15(24(27)28)10-14(18)11-21/h2-10H,1H3,(H,22,25)(H,23,26). The van der Waals surface area contributed by atoms with Gasteiger partial charge in [0.25, 0.3) is 17.2 Å². The molecule has 0 spiro atoms. The summed E-state index contributed by atoms with van der Waals surface area (Å²) in [5, 5.41) is 22.4. The quantitative estimate of drug-likeness (QED) is 0.534. The van der Waals surface area contributed by atoms with Crippen LogP contribution in [0.3, 0.4) is 0 Å². The normalized spacial score (nSPS) is 10.1. The van der Waals surface area contributed by atoms with Crippen molar-refractivity contribution < 1.29 is 9.72 Å². The lowest BCUT2D eigenvalue weighted by atomic mass is 10.1. The predicted octanol–water partition coefficient (Wildman–Crippen LogP) is 3.38. The first-order valence-corrected chi connectivity index (χ1v) is 8.19. The van der Waals surface area contributed by atoms with Crippen LogP contribution in [-0.4, -0.2) is 15.8 Å². The van der Waals surface area contributed by atoms with Gasteiger partial charge in [-0.25, -0.2) is 0 Å². The predicted molar refractivity (Wildman–Crippen MR) is 103 cm³/mol. The lowest BCUT2D eigenvalue weighted by Gasteiger charge is -2.08. The van der Waals surface area contributed by atoms with E-state index in [-0.39, 0.29) is 22.5 Å². The molecule has 2 N–H and O–H groups in total. The number of non-ortho nitro benzene ring substituents is 1. The van der Waals surface area contributed by atoms with Crippen LogP contribution in [-0.2, 0) is 0 Å². The van der Waals surface area contributed by atoms with Gasteiger partial charge in [0.2, 0.25) is 0 Å². The molecule has 0 unspecified atom stereocenters. The molecule has 0 aliphatic heterocycles. The number of aryl methyl sites for hydroxylation is 1. The van der Waals surface area contributed by atoms with Crippen LogP contribution in [0.5, 0.6) is 0 Å². The molecule has 0 bridgehead atoms. The molecule has 8 nitrogen and oxygen atoms in total. The highest BCUT2D eigenvalue weighted by Crippen LogP contribution is 2.22. The number of carbonyl (C=O) groups excluding carboxylic acids is 1. The molecule has 8 heteroatoms. The van der Waals surface area contributed by atoms with Crippen LogP contribution in [0.4, 0.5) is 11.4 Å². The van der Waals surface area contributed by atoms with Gasteiger partial charge in [0, 0.05) is 17.8 Å². The van der Waals surface area contributed by atoms with Gasteiger partial charge in [-0.1, -0.05) is 29.8 Å². The summed E-state index contributed by atoms with van der Waals surface area (Å²) in [6, 6.07) is 15.8. The molecule has 28 heavy (non-hydrogen) atoms. The fourth-order valence-electron chi connectivity index (χ4n) is 2.59. The summed E-state index contributed by atoms with van der Waals surface area (Å²) in [4.78, 5) is 37.6. The van der Waals surface area contributed by atoms with Gasteiger partial charge in [-0.05, 0) is 30.7 Å². The molecule has 0 fully saturated rings. The Kier molecular flexibility index (Phi) is 5.00. The Labute approximate surface area is 159 Å². The zero-order chi connectivity index (χ0) is 20.3. The summed E-state index contributed by atoms with van der Waals surface area (Å²) in [7, 11) is 0. The number of aromatic amines is 1. The van der Waals surface area contributed by atoms with Crippen LogP contribution < -0.4 is 10.9 Å².